The van der Waals surface area contributed by atoms with Crippen molar-refractivity contribution in [2.75, 3.05) is 27.2 Å². The predicted molar refractivity (Wildman–Crippen MR) is 147 cm³/mol. The maximum atomic E-state index is 9.55. The van der Waals surface area contributed by atoms with Gasteiger partial charge in [0.2, 0.25) is 0 Å². The number of benzene rings is 2. The van der Waals surface area contributed by atoms with E-state index in [9.17, 15) is 9.59 Å². The molecule has 4 rings (SSSR count). The molecule has 9 nitrogen and oxygen atoms in total. The third-order valence-corrected chi connectivity index (χ3v) is 5.73. The van der Waals surface area contributed by atoms with E-state index < -0.39 is 11.9 Å². The molecule has 0 saturated carbocycles. The second-order valence-electron chi connectivity index (χ2n) is 8.30. The number of rotatable bonds is 9. The number of aromatic nitrogens is 3. The number of carbonyl (C=O) groups is 2. The third kappa shape index (κ3) is 8.31. The van der Waals surface area contributed by atoms with Crippen LogP contribution < -0.4 is 4.74 Å². The first-order valence-corrected chi connectivity index (χ1v) is 12.2. The molecule has 38 heavy (non-hydrogen) atoms. The first-order valence-electron chi connectivity index (χ1n) is 11.4. The molecule has 0 aliphatic carbocycles. The van der Waals surface area contributed by atoms with Crippen LogP contribution in [0.5, 0.6) is 5.75 Å². The zero-order valence-corrected chi connectivity index (χ0v) is 22.2. The zero-order valence-electron chi connectivity index (χ0n) is 20.7. The molecular weight excluding hydrogens is 531 g/mol. The highest BCUT2D eigenvalue weighted by Crippen LogP contribution is 2.30. The number of aliphatic carboxylic acids is 2. The lowest BCUT2D eigenvalue weighted by atomic mass is 10.1. The predicted octanol–water partition coefficient (Wildman–Crippen LogP) is 5.11. The van der Waals surface area contributed by atoms with Crippen molar-refractivity contribution in [1.29, 1.82) is 0 Å². The van der Waals surface area contributed by atoms with Gasteiger partial charge in [0.25, 0.3) is 0 Å². The summed E-state index contributed by atoms with van der Waals surface area (Å²) in [5.41, 5.74) is 3.63. The van der Waals surface area contributed by atoms with Gasteiger partial charge in [-0.1, -0.05) is 29.3 Å². The standard InChI is InChI=1S/C23H22Cl2N4O.C4H4O4/c1-28(2)12-13-30-19-9-6-16(7-10-19)22-20-4-3-11-26-23(20)29(27-22)15-17-5-8-18(24)14-21(17)25;5-3(6)1-2-4(7)8/h3-11,14H,12-13,15H2,1-2H3;1-2H,(H,5,6)(H,7,8)/b;2-1-. The van der Waals surface area contributed by atoms with Gasteiger partial charge in [0.1, 0.15) is 18.1 Å². The Kier molecular flexibility index (Phi) is 10.2. The van der Waals surface area contributed by atoms with Gasteiger partial charge in [-0.05, 0) is 68.2 Å². The Balaban J connectivity index is 0.000000436. The molecule has 4 aromatic rings. The van der Waals surface area contributed by atoms with Crippen LogP contribution in [0.2, 0.25) is 10.0 Å². The van der Waals surface area contributed by atoms with E-state index in [1.165, 1.54) is 0 Å². The summed E-state index contributed by atoms with van der Waals surface area (Å²) in [7, 11) is 4.05. The number of nitrogens with zero attached hydrogens (tertiary/aromatic N) is 4. The van der Waals surface area contributed by atoms with E-state index in [0.717, 1.165) is 40.1 Å². The van der Waals surface area contributed by atoms with Crippen molar-refractivity contribution in [3.63, 3.8) is 0 Å². The number of fused-ring (bicyclic) bond motifs is 1. The van der Waals surface area contributed by atoms with Crippen molar-refractivity contribution in [1.82, 2.24) is 19.7 Å². The molecule has 0 amide bonds. The molecule has 0 aliphatic heterocycles. The maximum Gasteiger partial charge on any atom is 0.328 e. The Morgan fingerprint density at radius 3 is 2.32 bits per heavy atom. The van der Waals surface area contributed by atoms with E-state index in [-0.39, 0.29) is 0 Å². The van der Waals surface area contributed by atoms with Crippen LogP contribution in [-0.2, 0) is 16.1 Å². The highest BCUT2D eigenvalue weighted by Gasteiger charge is 2.14. The van der Waals surface area contributed by atoms with Crippen LogP contribution in [0, 0.1) is 0 Å². The van der Waals surface area contributed by atoms with Crippen molar-refractivity contribution in [2.45, 2.75) is 6.54 Å². The minimum absolute atomic E-state index is 0.509. The Morgan fingerprint density at radius 1 is 1.03 bits per heavy atom. The smallest absolute Gasteiger partial charge is 0.328 e. The fourth-order valence-corrected chi connectivity index (χ4v) is 3.81. The number of ether oxygens (including phenoxy) is 1. The van der Waals surface area contributed by atoms with Crippen LogP contribution in [0.15, 0.2) is 72.9 Å². The van der Waals surface area contributed by atoms with E-state index in [1.54, 1.807) is 12.3 Å². The Bertz CT molecular complexity index is 1420. The van der Waals surface area contributed by atoms with Gasteiger partial charge >= 0.3 is 11.9 Å². The average molecular weight is 557 g/mol. The van der Waals surface area contributed by atoms with Gasteiger partial charge in [0.05, 0.1) is 6.54 Å². The van der Waals surface area contributed by atoms with Crippen LogP contribution in [-0.4, -0.2) is 69.1 Å². The number of carboxylic acids is 2. The number of carboxylic acid groups (broad SMARTS) is 2. The van der Waals surface area contributed by atoms with Crippen LogP contribution in [0.3, 0.4) is 0 Å². The molecular formula is C27H26Cl2N4O5. The molecule has 2 heterocycles. The minimum atomic E-state index is -1.26. The van der Waals surface area contributed by atoms with Gasteiger partial charge in [-0.15, -0.1) is 0 Å². The Labute approximate surface area is 229 Å². The van der Waals surface area contributed by atoms with E-state index in [1.807, 2.05) is 67.3 Å². The lowest BCUT2D eigenvalue weighted by Gasteiger charge is -2.11. The summed E-state index contributed by atoms with van der Waals surface area (Å²) in [5, 5.41) is 22.7. The van der Waals surface area contributed by atoms with Crippen molar-refractivity contribution in [2.24, 2.45) is 0 Å². The monoisotopic (exact) mass is 556 g/mol. The quantitative estimate of drug-likeness (QED) is 0.273. The van der Waals surface area contributed by atoms with E-state index in [0.29, 0.717) is 35.3 Å². The van der Waals surface area contributed by atoms with Crippen molar-refractivity contribution < 1.29 is 24.5 Å². The van der Waals surface area contributed by atoms with Gasteiger partial charge in [0.15, 0.2) is 5.65 Å². The molecule has 2 aromatic carbocycles. The number of hydrogen-bond acceptors (Lipinski definition) is 6. The molecule has 0 atom stereocenters. The normalized spacial score (nSPS) is 11.0. The number of pyridine rings is 1. The zero-order chi connectivity index (χ0) is 27.7. The molecule has 0 aliphatic rings. The molecule has 2 aromatic heterocycles. The molecule has 0 spiro atoms. The Hall–Kier alpha value is -3.92. The lowest BCUT2D eigenvalue weighted by Crippen LogP contribution is -2.19. The summed E-state index contributed by atoms with van der Waals surface area (Å²) in [6.07, 6.45) is 2.89. The number of likely N-dealkylation sites (N-methyl/N-ethyl adjacent to an activating group) is 1. The Morgan fingerprint density at radius 2 is 1.71 bits per heavy atom. The molecule has 0 radical (unpaired) electrons. The van der Waals surface area contributed by atoms with E-state index >= 15 is 0 Å². The second kappa shape index (κ2) is 13.6. The summed E-state index contributed by atoms with van der Waals surface area (Å²) < 4.78 is 7.67. The molecule has 0 saturated heterocycles. The minimum Gasteiger partial charge on any atom is -0.492 e. The molecule has 198 valence electrons. The number of halogens is 2. The van der Waals surface area contributed by atoms with Crippen molar-refractivity contribution >= 4 is 46.2 Å². The molecule has 0 unspecified atom stereocenters. The second-order valence-corrected chi connectivity index (χ2v) is 9.15. The molecule has 0 fully saturated rings. The van der Waals surface area contributed by atoms with Gasteiger partial charge in [-0.3, -0.25) is 0 Å². The van der Waals surface area contributed by atoms with Gasteiger partial charge in [0, 0.05) is 45.9 Å². The topological polar surface area (TPSA) is 118 Å². The SMILES string of the molecule is CN(C)CCOc1ccc(-c2nn(Cc3ccc(Cl)cc3Cl)c3ncccc23)cc1.O=C(O)/C=C\C(=O)O. The summed E-state index contributed by atoms with van der Waals surface area (Å²) in [6, 6.07) is 17.5. The molecule has 0 bridgehead atoms. The summed E-state index contributed by atoms with van der Waals surface area (Å²) in [5.74, 6) is -1.67. The summed E-state index contributed by atoms with van der Waals surface area (Å²) in [6.45, 7) is 2.03. The van der Waals surface area contributed by atoms with Crippen molar-refractivity contribution in [3.8, 4) is 17.0 Å². The van der Waals surface area contributed by atoms with Gasteiger partial charge in [-0.2, -0.15) is 5.10 Å². The van der Waals surface area contributed by atoms with Gasteiger partial charge < -0.3 is 19.8 Å². The van der Waals surface area contributed by atoms with Crippen molar-refractivity contribution in [3.05, 3.63) is 88.6 Å². The average Bonchev–Trinajstić information content (AvgIpc) is 3.23. The van der Waals surface area contributed by atoms with Crippen LogP contribution >= 0.6 is 23.2 Å². The van der Waals surface area contributed by atoms with Crippen LogP contribution in [0.1, 0.15) is 5.56 Å². The molecule has 2 N–H and O–H groups in total. The maximum absolute atomic E-state index is 9.55. The third-order valence-electron chi connectivity index (χ3n) is 5.15. The summed E-state index contributed by atoms with van der Waals surface area (Å²) in [4.78, 5) is 25.7. The highest BCUT2D eigenvalue weighted by atomic mass is 35.5. The van der Waals surface area contributed by atoms with Crippen LogP contribution in [0.4, 0.5) is 0 Å². The van der Waals surface area contributed by atoms with Crippen LogP contribution in [0.25, 0.3) is 22.3 Å². The van der Waals surface area contributed by atoms with E-state index in [2.05, 4.69) is 9.88 Å². The van der Waals surface area contributed by atoms with E-state index in [4.69, 9.17) is 43.3 Å². The largest absolute Gasteiger partial charge is 0.492 e. The first-order chi connectivity index (χ1) is 18.1. The summed E-state index contributed by atoms with van der Waals surface area (Å²) >= 11 is 12.4. The first kappa shape index (κ1) is 28.6. The molecule has 11 heteroatoms. The number of hydrogen-bond donors (Lipinski definition) is 2. The fraction of sp³-hybridized carbons (Fsp3) is 0.185. The van der Waals surface area contributed by atoms with Gasteiger partial charge in [-0.25, -0.2) is 19.3 Å². The lowest BCUT2D eigenvalue weighted by molar-refractivity contribution is -0.134. The highest BCUT2D eigenvalue weighted by molar-refractivity contribution is 6.35. The fourth-order valence-electron chi connectivity index (χ4n) is 3.34.